The van der Waals surface area contributed by atoms with Gasteiger partial charge in [0.05, 0.1) is 17.7 Å². The van der Waals surface area contributed by atoms with Crippen molar-refractivity contribution in [3.63, 3.8) is 0 Å². The van der Waals surface area contributed by atoms with Crippen molar-refractivity contribution in [1.82, 2.24) is 4.57 Å². The van der Waals surface area contributed by atoms with Crippen LogP contribution in [-0.4, -0.2) is 9.67 Å². The highest BCUT2D eigenvalue weighted by molar-refractivity contribution is 5.35. The van der Waals surface area contributed by atoms with E-state index in [1.54, 1.807) is 0 Å². The van der Waals surface area contributed by atoms with Crippen LogP contribution in [0.15, 0.2) is 30.3 Å². The van der Waals surface area contributed by atoms with Gasteiger partial charge in [0.1, 0.15) is 0 Å². The van der Waals surface area contributed by atoms with Gasteiger partial charge in [0.2, 0.25) is 0 Å². The van der Waals surface area contributed by atoms with Gasteiger partial charge in [-0.25, -0.2) is 0 Å². The van der Waals surface area contributed by atoms with Gasteiger partial charge >= 0.3 is 0 Å². The van der Waals surface area contributed by atoms with E-state index in [1.807, 2.05) is 24.3 Å². The zero-order valence-electron chi connectivity index (χ0n) is 11.6. The molecule has 1 aromatic heterocycles. The number of nitrogens with zero attached hydrogens (tertiary/aromatic N) is 2. The van der Waals surface area contributed by atoms with Crippen LogP contribution in [0.1, 0.15) is 47.0 Å². The number of nitriles is 1. The van der Waals surface area contributed by atoms with E-state index < -0.39 is 0 Å². The zero-order chi connectivity index (χ0) is 14.1. The lowest BCUT2D eigenvalue weighted by Crippen LogP contribution is -2.13. The largest absolute Gasteiger partial charge is 0.388 e. The molecule has 0 amide bonds. The minimum atomic E-state index is -0.306. The summed E-state index contributed by atoms with van der Waals surface area (Å²) in [5.74, 6) is 0. The third kappa shape index (κ3) is 2.23. The van der Waals surface area contributed by atoms with Crippen LogP contribution in [0.3, 0.4) is 0 Å². The monoisotopic (exact) mass is 266 g/mol. The first-order chi connectivity index (χ1) is 9.69. The van der Waals surface area contributed by atoms with Crippen molar-refractivity contribution >= 4 is 0 Å². The van der Waals surface area contributed by atoms with Gasteiger partial charge in [-0.3, -0.25) is 0 Å². The second-order valence-corrected chi connectivity index (χ2v) is 5.49. The summed E-state index contributed by atoms with van der Waals surface area (Å²) < 4.78 is 2.29. The van der Waals surface area contributed by atoms with Crippen LogP contribution >= 0.6 is 0 Å². The average Bonchev–Trinajstić information content (AvgIpc) is 2.78. The molecule has 0 aliphatic heterocycles. The SMILES string of the molecule is Cc1cc2c(n1Cc1ccc(C#N)cc1)CCCC2O. The molecule has 1 atom stereocenters. The molecule has 20 heavy (non-hydrogen) atoms. The molecule has 0 saturated heterocycles. The summed E-state index contributed by atoms with van der Waals surface area (Å²) in [5.41, 5.74) is 5.44. The summed E-state index contributed by atoms with van der Waals surface area (Å²) in [6.07, 6.45) is 2.65. The maximum absolute atomic E-state index is 10.1. The number of rotatable bonds is 2. The number of fused-ring (bicyclic) bond motifs is 1. The van der Waals surface area contributed by atoms with Crippen LogP contribution in [0.5, 0.6) is 0 Å². The number of aliphatic hydroxyl groups is 1. The van der Waals surface area contributed by atoms with Crippen molar-refractivity contribution in [2.75, 3.05) is 0 Å². The number of hydrogen-bond acceptors (Lipinski definition) is 2. The molecule has 3 heteroatoms. The van der Waals surface area contributed by atoms with Crippen LogP contribution in [0.25, 0.3) is 0 Å². The molecular weight excluding hydrogens is 248 g/mol. The highest BCUT2D eigenvalue weighted by Crippen LogP contribution is 2.32. The van der Waals surface area contributed by atoms with Gasteiger partial charge in [-0.05, 0) is 49.9 Å². The molecule has 0 radical (unpaired) electrons. The summed E-state index contributed by atoms with van der Waals surface area (Å²) in [6, 6.07) is 12.0. The maximum Gasteiger partial charge on any atom is 0.0991 e. The third-order valence-electron chi connectivity index (χ3n) is 4.12. The lowest BCUT2D eigenvalue weighted by molar-refractivity contribution is 0.156. The van der Waals surface area contributed by atoms with E-state index in [1.165, 1.54) is 17.0 Å². The molecule has 0 bridgehead atoms. The topological polar surface area (TPSA) is 49.0 Å². The summed E-state index contributed by atoms with van der Waals surface area (Å²) in [5, 5.41) is 18.9. The molecule has 0 saturated carbocycles. The highest BCUT2D eigenvalue weighted by Gasteiger charge is 2.22. The summed E-state index contributed by atoms with van der Waals surface area (Å²) in [4.78, 5) is 0. The summed E-state index contributed by atoms with van der Waals surface area (Å²) in [7, 11) is 0. The first kappa shape index (κ1) is 13.0. The third-order valence-corrected chi connectivity index (χ3v) is 4.12. The Labute approximate surface area is 119 Å². The summed E-state index contributed by atoms with van der Waals surface area (Å²) in [6.45, 7) is 2.90. The van der Waals surface area contributed by atoms with Crippen LogP contribution < -0.4 is 0 Å². The van der Waals surface area contributed by atoms with Gasteiger partial charge in [0, 0.05) is 23.5 Å². The van der Waals surface area contributed by atoms with E-state index in [2.05, 4.69) is 23.6 Å². The van der Waals surface area contributed by atoms with E-state index in [9.17, 15) is 5.11 Å². The van der Waals surface area contributed by atoms with E-state index in [-0.39, 0.29) is 6.10 Å². The standard InChI is InChI=1S/C17H18N2O/c1-12-9-15-16(3-2-4-17(15)20)19(12)11-14-7-5-13(10-18)6-8-14/h5-9,17,20H,2-4,11H2,1H3. The van der Waals surface area contributed by atoms with E-state index in [0.717, 1.165) is 31.4 Å². The molecule has 1 aliphatic carbocycles. The van der Waals surface area contributed by atoms with Crippen LogP contribution in [-0.2, 0) is 13.0 Å². The summed E-state index contributed by atoms with van der Waals surface area (Å²) >= 11 is 0. The number of aromatic nitrogens is 1. The average molecular weight is 266 g/mol. The van der Waals surface area contributed by atoms with Gasteiger partial charge in [-0.2, -0.15) is 5.26 Å². The van der Waals surface area contributed by atoms with Crippen LogP contribution in [0, 0.1) is 18.3 Å². The number of aliphatic hydroxyl groups excluding tert-OH is 1. The number of benzene rings is 1. The van der Waals surface area contributed by atoms with Gasteiger partial charge < -0.3 is 9.67 Å². The fourth-order valence-electron chi connectivity index (χ4n) is 3.03. The first-order valence-electron chi connectivity index (χ1n) is 7.05. The van der Waals surface area contributed by atoms with E-state index in [4.69, 9.17) is 5.26 Å². The number of hydrogen-bond donors (Lipinski definition) is 1. The lowest BCUT2D eigenvalue weighted by Gasteiger charge is -2.20. The predicted molar refractivity (Wildman–Crippen MR) is 77.3 cm³/mol. The van der Waals surface area contributed by atoms with Crippen LogP contribution in [0.2, 0.25) is 0 Å². The van der Waals surface area contributed by atoms with Crippen molar-refractivity contribution in [2.45, 2.75) is 38.8 Å². The molecule has 1 heterocycles. The van der Waals surface area contributed by atoms with Gasteiger partial charge in [0.15, 0.2) is 0 Å². The molecule has 3 nitrogen and oxygen atoms in total. The fraction of sp³-hybridized carbons (Fsp3) is 0.353. The molecular formula is C17H18N2O. The Morgan fingerprint density at radius 2 is 2.10 bits per heavy atom. The van der Waals surface area contributed by atoms with Gasteiger partial charge in [-0.15, -0.1) is 0 Å². The van der Waals surface area contributed by atoms with Crippen molar-refractivity contribution in [3.8, 4) is 6.07 Å². The van der Waals surface area contributed by atoms with Gasteiger partial charge in [-0.1, -0.05) is 12.1 Å². The highest BCUT2D eigenvalue weighted by atomic mass is 16.3. The van der Waals surface area contributed by atoms with Crippen molar-refractivity contribution < 1.29 is 5.11 Å². The normalized spacial score (nSPS) is 17.6. The van der Waals surface area contributed by atoms with Crippen molar-refractivity contribution in [1.29, 1.82) is 5.26 Å². The molecule has 2 aromatic rings. The van der Waals surface area contributed by atoms with Crippen molar-refractivity contribution in [3.05, 3.63) is 58.4 Å². The molecule has 102 valence electrons. The Morgan fingerprint density at radius 3 is 2.80 bits per heavy atom. The quantitative estimate of drug-likeness (QED) is 0.908. The Hall–Kier alpha value is -2.05. The molecule has 0 fully saturated rings. The Kier molecular flexibility index (Phi) is 3.33. The van der Waals surface area contributed by atoms with E-state index in [0.29, 0.717) is 5.56 Å². The predicted octanol–water partition coefficient (Wildman–Crippen LogP) is 3.09. The second-order valence-electron chi connectivity index (χ2n) is 5.49. The van der Waals surface area contributed by atoms with Gasteiger partial charge in [0.25, 0.3) is 0 Å². The second kappa shape index (κ2) is 5.15. The molecule has 1 unspecified atom stereocenters. The Morgan fingerprint density at radius 1 is 1.35 bits per heavy atom. The minimum absolute atomic E-state index is 0.306. The van der Waals surface area contributed by atoms with Crippen molar-refractivity contribution in [2.24, 2.45) is 0 Å². The first-order valence-corrected chi connectivity index (χ1v) is 7.05. The Bertz CT molecular complexity index is 662. The van der Waals surface area contributed by atoms with Crippen LogP contribution in [0.4, 0.5) is 0 Å². The lowest BCUT2D eigenvalue weighted by atomic mass is 9.95. The molecule has 1 N–H and O–H groups in total. The van der Waals surface area contributed by atoms with E-state index >= 15 is 0 Å². The fourth-order valence-corrected chi connectivity index (χ4v) is 3.03. The molecule has 3 rings (SSSR count). The minimum Gasteiger partial charge on any atom is -0.388 e. The number of aryl methyl sites for hydroxylation is 1. The smallest absolute Gasteiger partial charge is 0.0991 e. The zero-order valence-corrected chi connectivity index (χ0v) is 11.6. The molecule has 1 aliphatic rings. The maximum atomic E-state index is 10.1. The molecule has 0 spiro atoms. The molecule has 1 aromatic carbocycles. The Balaban J connectivity index is 1.92.